The Morgan fingerprint density at radius 1 is 0.625 bits per heavy atom. The highest BCUT2D eigenvalue weighted by Crippen LogP contribution is 2.33. The van der Waals surface area contributed by atoms with Crippen molar-refractivity contribution in [1.82, 2.24) is 0 Å². The second-order valence-corrected chi connectivity index (χ2v) is 8.47. The average molecular weight is 431 g/mol. The maximum absolute atomic E-state index is 6.05. The molecule has 32 heavy (non-hydrogen) atoms. The van der Waals surface area contributed by atoms with E-state index in [0.717, 1.165) is 38.2 Å². The molecular weight excluding hydrogens is 392 g/mol. The minimum absolute atomic E-state index is 0.126. The number of hydrogen-bond acceptors (Lipinski definition) is 2. The Morgan fingerprint density at radius 2 is 1.22 bits per heavy atom. The van der Waals surface area contributed by atoms with Crippen molar-refractivity contribution in [2.45, 2.75) is 65.4 Å². The fourth-order valence-electron chi connectivity index (χ4n) is 3.87. The van der Waals surface area contributed by atoms with Gasteiger partial charge in [-0.25, -0.2) is 0 Å². The van der Waals surface area contributed by atoms with E-state index in [1.165, 1.54) is 47.1 Å². The van der Waals surface area contributed by atoms with Gasteiger partial charge in [-0.15, -0.1) is 0 Å². The maximum Gasteiger partial charge on any atom is 0.119 e. The second-order valence-electron chi connectivity index (χ2n) is 8.47. The summed E-state index contributed by atoms with van der Waals surface area (Å²) in [6, 6.07) is 25.9. The summed E-state index contributed by atoms with van der Waals surface area (Å²) in [5.41, 5.74) is 6.14. The smallest absolute Gasteiger partial charge is 0.119 e. The van der Waals surface area contributed by atoms with Crippen LogP contribution < -0.4 is 4.74 Å². The Labute approximate surface area is 194 Å². The van der Waals surface area contributed by atoms with E-state index in [0.29, 0.717) is 0 Å². The van der Waals surface area contributed by atoms with E-state index in [9.17, 15) is 0 Å². The van der Waals surface area contributed by atoms with E-state index in [2.05, 4.69) is 93.6 Å². The fraction of sp³-hybridized carbons (Fsp3) is 0.400. The molecule has 0 aromatic heterocycles. The molecule has 3 rings (SSSR count). The molecule has 0 bridgehead atoms. The summed E-state index contributed by atoms with van der Waals surface area (Å²) in [5.74, 6) is 0.938. The lowest BCUT2D eigenvalue weighted by Crippen LogP contribution is -2.01. The summed E-state index contributed by atoms with van der Waals surface area (Å²) in [6.07, 6.45) is 7.31. The first-order chi connectivity index (χ1) is 15.7. The van der Waals surface area contributed by atoms with Crippen LogP contribution in [0, 0.1) is 0 Å². The van der Waals surface area contributed by atoms with E-state index < -0.39 is 0 Å². The number of rotatable bonds is 13. The highest BCUT2D eigenvalue weighted by Gasteiger charge is 2.10. The lowest BCUT2D eigenvalue weighted by molar-refractivity contribution is 0.0628. The molecule has 0 aliphatic carbocycles. The van der Waals surface area contributed by atoms with Crippen LogP contribution in [0.25, 0.3) is 22.3 Å². The number of unbranched alkanes of at least 4 members (excludes halogenated alkanes) is 4. The van der Waals surface area contributed by atoms with Crippen molar-refractivity contribution in [3.63, 3.8) is 0 Å². The van der Waals surface area contributed by atoms with E-state index in [1.54, 1.807) is 0 Å². The molecule has 0 spiro atoms. The standard InChI is InChI=1S/C30H38O2/c1-4-6-8-11-23-31-24(3)25-14-16-26(17-15-25)29-12-9-10-13-30(29)27-18-20-28(21-19-27)32-22-7-5-2/h9-10,12-21,24H,4-8,11,22-23H2,1-3H3. The third-order valence-corrected chi connectivity index (χ3v) is 5.92. The fourth-order valence-corrected chi connectivity index (χ4v) is 3.87. The van der Waals surface area contributed by atoms with Crippen molar-refractivity contribution in [3.8, 4) is 28.0 Å². The second kappa shape index (κ2) is 13.1. The first-order valence-corrected chi connectivity index (χ1v) is 12.3. The molecule has 0 aliphatic heterocycles. The quantitative estimate of drug-likeness (QED) is 0.252. The van der Waals surface area contributed by atoms with Gasteiger partial charge in [0.05, 0.1) is 12.7 Å². The summed E-state index contributed by atoms with van der Waals surface area (Å²) >= 11 is 0. The van der Waals surface area contributed by atoms with E-state index in [4.69, 9.17) is 9.47 Å². The maximum atomic E-state index is 6.05. The minimum atomic E-state index is 0.126. The summed E-state index contributed by atoms with van der Waals surface area (Å²) in [5, 5.41) is 0. The predicted molar refractivity (Wildman–Crippen MR) is 136 cm³/mol. The molecule has 2 nitrogen and oxygen atoms in total. The van der Waals surface area contributed by atoms with Gasteiger partial charge in [0.15, 0.2) is 0 Å². The molecule has 3 aromatic rings. The van der Waals surface area contributed by atoms with Gasteiger partial charge in [0, 0.05) is 6.61 Å². The predicted octanol–water partition coefficient (Wildman–Crippen LogP) is 8.86. The number of hydrogen-bond donors (Lipinski definition) is 0. The third-order valence-electron chi connectivity index (χ3n) is 5.92. The van der Waals surface area contributed by atoms with Crippen LogP contribution in [0.1, 0.15) is 71.0 Å². The molecule has 3 aromatic carbocycles. The van der Waals surface area contributed by atoms with Gasteiger partial charge in [0.2, 0.25) is 0 Å². The van der Waals surface area contributed by atoms with Crippen LogP contribution in [0.15, 0.2) is 72.8 Å². The van der Waals surface area contributed by atoms with E-state index >= 15 is 0 Å². The van der Waals surface area contributed by atoms with Crippen LogP contribution in [0.2, 0.25) is 0 Å². The van der Waals surface area contributed by atoms with E-state index in [-0.39, 0.29) is 6.10 Å². The summed E-state index contributed by atoms with van der Waals surface area (Å²) in [7, 11) is 0. The first-order valence-electron chi connectivity index (χ1n) is 12.3. The molecule has 0 saturated carbocycles. The van der Waals surface area contributed by atoms with Crippen molar-refractivity contribution in [2.75, 3.05) is 13.2 Å². The van der Waals surface area contributed by atoms with Gasteiger partial charge in [0.25, 0.3) is 0 Å². The zero-order valence-electron chi connectivity index (χ0n) is 20.0. The minimum Gasteiger partial charge on any atom is -0.494 e. The highest BCUT2D eigenvalue weighted by molar-refractivity contribution is 5.83. The van der Waals surface area contributed by atoms with Crippen LogP contribution in [0.5, 0.6) is 5.75 Å². The number of benzene rings is 3. The van der Waals surface area contributed by atoms with Crippen molar-refractivity contribution >= 4 is 0 Å². The Bertz CT molecular complexity index is 912. The molecule has 0 aliphatic rings. The van der Waals surface area contributed by atoms with Crippen LogP contribution in [0.4, 0.5) is 0 Å². The van der Waals surface area contributed by atoms with Gasteiger partial charge in [-0.2, -0.15) is 0 Å². The zero-order valence-corrected chi connectivity index (χ0v) is 20.0. The van der Waals surface area contributed by atoms with Gasteiger partial charge >= 0.3 is 0 Å². The molecule has 0 N–H and O–H groups in total. The lowest BCUT2D eigenvalue weighted by atomic mass is 9.94. The van der Waals surface area contributed by atoms with Crippen LogP contribution >= 0.6 is 0 Å². The van der Waals surface area contributed by atoms with Gasteiger partial charge < -0.3 is 9.47 Å². The number of ether oxygens (including phenoxy) is 2. The van der Waals surface area contributed by atoms with Gasteiger partial charge in [-0.05, 0) is 59.7 Å². The van der Waals surface area contributed by atoms with Gasteiger partial charge in [-0.3, -0.25) is 0 Å². The summed E-state index contributed by atoms with van der Waals surface area (Å²) in [6.45, 7) is 8.18. The normalized spacial score (nSPS) is 12.0. The Kier molecular flexibility index (Phi) is 9.84. The topological polar surface area (TPSA) is 18.5 Å². The van der Waals surface area contributed by atoms with Crippen molar-refractivity contribution in [2.24, 2.45) is 0 Å². The lowest BCUT2D eigenvalue weighted by Gasteiger charge is -2.15. The molecule has 0 amide bonds. The highest BCUT2D eigenvalue weighted by atomic mass is 16.5. The molecule has 170 valence electrons. The van der Waals surface area contributed by atoms with Gasteiger partial charge in [-0.1, -0.05) is 100 Å². The molecule has 1 unspecified atom stereocenters. The molecule has 0 radical (unpaired) electrons. The molecule has 0 fully saturated rings. The molecule has 0 heterocycles. The van der Waals surface area contributed by atoms with Crippen LogP contribution in [0.3, 0.4) is 0 Å². The Morgan fingerprint density at radius 3 is 1.81 bits per heavy atom. The van der Waals surface area contributed by atoms with Crippen LogP contribution in [-0.4, -0.2) is 13.2 Å². The largest absolute Gasteiger partial charge is 0.494 e. The molecule has 0 saturated heterocycles. The average Bonchev–Trinajstić information content (AvgIpc) is 2.84. The monoisotopic (exact) mass is 430 g/mol. The molecular formula is C30H38O2. The first kappa shape index (κ1) is 24.1. The Hall–Kier alpha value is -2.58. The van der Waals surface area contributed by atoms with E-state index in [1.807, 2.05) is 0 Å². The van der Waals surface area contributed by atoms with Crippen LogP contribution in [-0.2, 0) is 4.74 Å². The summed E-state index contributed by atoms with van der Waals surface area (Å²) in [4.78, 5) is 0. The van der Waals surface area contributed by atoms with Crippen molar-refractivity contribution in [1.29, 1.82) is 0 Å². The van der Waals surface area contributed by atoms with Gasteiger partial charge in [0.1, 0.15) is 5.75 Å². The third kappa shape index (κ3) is 6.97. The molecule has 2 heteroatoms. The summed E-state index contributed by atoms with van der Waals surface area (Å²) < 4.78 is 11.9. The van der Waals surface area contributed by atoms with Crippen molar-refractivity contribution in [3.05, 3.63) is 78.4 Å². The zero-order chi connectivity index (χ0) is 22.6. The molecule has 1 atom stereocenters. The van der Waals surface area contributed by atoms with Crippen molar-refractivity contribution < 1.29 is 9.47 Å². The SMILES string of the molecule is CCCCCCOC(C)c1ccc(-c2ccccc2-c2ccc(OCCCC)cc2)cc1. The Balaban J connectivity index is 1.68.